The van der Waals surface area contributed by atoms with Crippen molar-refractivity contribution in [3.05, 3.63) is 0 Å². The summed E-state index contributed by atoms with van der Waals surface area (Å²) in [6, 6.07) is 0. The number of rotatable bonds is 3. The quantitative estimate of drug-likeness (QED) is 0.546. The Hall–Kier alpha value is -1.43. The van der Waals surface area contributed by atoms with Crippen molar-refractivity contribution in [2.24, 2.45) is 50.5 Å². The topological polar surface area (TPSA) is 97.3 Å². The van der Waals surface area contributed by atoms with Crippen LogP contribution in [0.3, 0.4) is 0 Å². The van der Waals surface area contributed by atoms with Crippen LogP contribution in [-0.2, 0) is 9.63 Å². The van der Waals surface area contributed by atoms with Gasteiger partial charge in [0.25, 0.3) is 0 Å². The van der Waals surface area contributed by atoms with Gasteiger partial charge in [0.05, 0.1) is 11.4 Å². The second-order valence-electron chi connectivity index (χ2n) is 11.3. The Morgan fingerprint density at radius 3 is 2.62 bits per heavy atom. The minimum absolute atomic E-state index is 0.101. The van der Waals surface area contributed by atoms with Gasteiger partial charge in [0.1, 0.15) is 12.4 Å². The average molecular weight is 404 g/mol. The van der Waals surface area contributed by atoms with Gasteiger partial charge in [-0.3, -0.25) is 4.79 Å². The maximum absolute atomic E-state index is 12.6. The molecule has 29 heavy (non-hydrogen) atoms. The monoisotopic (exact) mass is 403 g/mol. The van der Waals surface area contributed by atoms with Gasteiger partial charge in [-0.05, 0) is 82.0 Å². The summed E-state index contributed by atoms with van der Waals surface area (Å²) in [4.78, 5) is 18.1. The van der Waals surface area contributed by atoms with Crippen LogP contribution < -0.4 is 5.73 Å². The molecular formula is C23H37N3O3. The molecular weight excluding hydrogens is 366 g/mol. The third-order valence-electron chi connectivity index (χ3n) is 8.79. The number of nitrogens with zero attached hydrogens (tertiary/aromatic N) is 2. The molecule has 0 aromatic heterocycles. The molecule has 162 valence electrons. The van der Waals surface area contributed by atoms with Crippen LogP contribution in [0.1, 0.15) is 79.1 Å². The first-order valence-electron chi connectivity index (χ1n) is 11.3. The van der Waals surface area contributed by atoms with Gasteiger partial charge < -0.3 is 15.8 Å². The van der Waals surface area contributed by atoms with Gasteiger partial charge in [-0.2, -0.15) is 0 Å². The summed E-state index contributed by atoms with van der Waals surface area (Å²) < 4.78 is 0. The van der Waals surface area contributed by atoms with Crippen molar-refractivity contribution in [3.63, 3.8) is 0 Å². The molecule has 3 N–H and O–H groups in total. The van der Waals surface area contributed by atoms with Crippen LogP contribution in [0.25, 0.3) is 0 Å². The largest absolute Gasteiger partial charge is 0.411 e. The molecule has 6 atom stereocenters. The van der Waals surface area contributed by atoms with E-state index in [1.165, 1.54) is 0 Å². The summed E-state index contributed by atoms with van der Waals surface area (Å²) in [5.74, 6) is 2.15. The van der Waals surface area contributed by atoms with Gasteiger partial charge in [0, 0.05) is 23.3 Å². The molecule has 0 aromatic rings. The highest BCUT2D eigenvalue weighted by Gasteiger charge is 2.61. The first-order valence-corrected chi connectivity index (χ1v) is 11.3. The number of hydrogen-bond acceptors (Lipinski definition) is 6. The number of hydrogen-bond donors (Lipinski definition) is 2. The van der Waals surface area contributed by atoms with Crippen LogP contribution in [0.5, 0.6) is 0 Å². The number of nitrogens with two attached hydrogens (primary N) is 1. The van der Waals surface area contributed by atoms with Gasteiger partial charge >= 0.3 is 0 Å². The van der Waals surface area contributed by atoms with Crippen LogP contribution in [0.4, 0.5) is 0 Å². The van der Waals surface area contributed by atoms with E-state index in [0.29, 0.717) is 30.1 Å². The van der Waals surface area contributed by atoms with Crippen LogP contribution in [0.15, 0.2) is 10.3 Å². The second kappa shape index (κ2) is 7.07. The van der Waals surface area contributed by atoms with Crippen molar-refractivity contribution in [2.75, 3.05) is 6.61 Å². The first-order chi connectivity index (χ1) is 13.6. The molecule has 4 saturated carbocycles. The lowest BCUT2D eigenvalue weighted by atomic mass is 9.45. The second-order valence-corrected chi connectivity index (χ2v) is 11.3. The zero-order valence-electron chi connectivity index (χ0n) is 18.4. The SMILES string of the molecule is CC(C)(N)CON=C1CC[C@@]2(C)[C@H](C1)/C(=N/O)C[C@@H]1[C@@H]2CC[C@]2(C)C(=O)CC[C@@H]12. The number of carbonyl (C=O) groups is 1. The molecule has 0 aliphatic heterocycles. The van der Waals surface area contributed by atoms with E-state index in [4.69, 9.17) is 10.6 Å². The highest BCUT2D eigenvalue weighted by Crippen LogP contribution is 2.64. The standard InChI is InChI=1S/C23H37N3O3/c1-21(2,24)13-29-26-14-7-9-22(3)17-8-10-23(4)16(5-6-20(23)27)15(17)12-19(25-28)18(22)11-14/h15-18,28H,5-13,24H2,1-4H3/b25-19+,26-14?/t15-,16-,17-,18+,22+,23-/m0/s1. The number of oxime groups is 2. The van der Waals surface area contributed by atoms with Gasteiger partial charge in [-0.15, -0.1) is 0 Å². The summed E-state index contributed by atoms with van der Waals surface area (Å²) in [5, 5.41) is 18.1. The van der Waals surface area contributed by atoms with E-state index in [9.17, 15) is 10.0 Å². The molecule has 4 rings (SSSR count). The summed E-state index contributed by atoms with van der Waals surface area (Å²) in [6.07, 6.45) is 7.42. The van der Waals surface area contributed by atoms with Gasteiger partial charge in [-0.25, -0.2) is 0 Å². The Labute approximate surface area is 174 Å². The van der Waals surface area contributed by atoms with E-state index >= 15 is 0 Å². The lowest BCUT2D eigenvalue weighted by Crippen LogP contribution is -2.56. The number of fused-ring (bicyclic) bond motifs is 5. The molecule has 0 bridgehead atoms. The maximum atomic E-state index is 12.6. The van der Waals surface area contributed by atoms with Crippen LogP contribution >= 0.6 is 0 Å². The zero-order chi connectivity index (χ0) is 21.0. The maximum Gasteiger partial charge on any atom is 0.139 e. The summed E-state index contributed by atoms with van der Waals surface area (Å²) >= 11 is 0. The van der Waals surface area contributed by atoms with E-state index in [1.807, 2.05) is 13.8 Å². The van der Waals surface area contributed by atoms with Crippen LogP contribution in [0.2, 0.25) is 0 Å². The number of carbonyl (C=O) groups excluding carboxylic acids is 1. The fraction of sp³-hybridized carbons (Fsp3) is 0.870. The molecule has 0 amide bonds. The van der Waals surface area contributed by atoms with E-state index in [0.717, 1.165) is 62.8 Å². The molecule has 6 nitrogen and oxygen atoms in total. The summed E-state index contributed by atoms with van der Waals surface area (Å²) in [5.41, 5.74) is 7.48. The lowest BCUT2D eigenvalue weighted by molar-refractivity contribution is -0.133. The fourth-order valence-corrected chi connectivity index (χ4v) is 7.13. The van der Waals surface area contributed by atoms with Crippen molar-refractivity contribution >= 4 is 17.2 Å². The van der Waals surface area contributed by atoms with Crippen molar-refractivity contribution in [1.29, 1.82) is 0 Å². The number of Topliss-reactive ketones (excluding diaryl/α,β-unsaturated/α-hetero) is 1. The Bertz CT molecular complexity index is 740. The highest BCUT2D eigenvalue weighted by molar-refractivity contribution is 5.96. The molecule has 4 fully saturated rings. The van der Waals surface area contributed by atoms with E-state index in [1.54, 1.807) is 0 Å². The van der Waals surface area contributed by atoms with Gasteiger partial charge in [0.15, 0.2) is 0 Å². The normalized spacial score (nSPS) is 45.1. The summed E-state index contributed by atoms with van der Waals surface area (Å²) in [7, 11) is 0. The summed E-state index contributed by atoms with van der Waals surface area (Å²) in [6.45, 7) is 8.81. The molecule has 0 heterocycles. The third kappa shape index (κ3) is 3.41. The average Bonchev–Trinajstić information content (AvgIpc) is 2.95. The third-order valence-corrected chi connectivity index (χ3v) is 8.79. The minimum Gasteiger partial charge on any atom is -0.411 e. The smallest absolute Gasteiger partial charge is 0.139 e. The van der Waals surface area contributed by atoms with E-state index in [2.05, 4.69) is 24.2 Å². The van der Waals surface area contributed by atoms with E-state index < -0.39 is 5.54 Å². The molecule has 0 saturated heterocycles. The zero-order valence-corrected chi connectivity index (χ0v) is 18.4. The predicted molar refractivity (Wildman–Crippen MR) is 113 cm³/mol. The van der Waals surface area contributed by atoms with Crippen molar-refractivity contribution in [3.8, 4) is 0 Å². The van der Waals surface area contributed by atoms with Gasteiger partial charge in [-0.1, -0.05) is 24.2 Å². The highest BCUT2D eigenvalue weighted by atomic mass is 16.6. The Morgan fingerprint density at radius 1 is 1.17 bits per heavy atom. The molecule has 0 spiro atoms. The fourth-order valence-electron chi connectivity index (χ4n) is 7.13. The Kier molecular flexibility index (Phi) is 5.08. The van der Waals surface area contributed by atoms with E-state index in [-0.39, 0.29) is 16.7 Å². The Balaban J connectivity index is 1.56. The van der Waals surface area contributed by atoms with Gasteiger partial charge in [0.2, 0.25) is 0 Å². The molecule has 4 aliphatic rings. The first kappa shape index (κ1) is 20.8. The van der Waals surface area contributed by atoms with Crippen molar-refractivity contribution < 1.29 is 14.8 Å². The molecule has 4 aliphatic carbocycles. The molecule has 0 radical (unpaired) electrons. The number of ketones is 1. The van der Waals surface area contributed by atoms with Crippen molar-refractivity contribution in [1.82, 2.24) is 0 Å². The van der Waals surface area contributed by atoms with Crippen LogP contribution in [0, 0.1) is 34.5 Å². The minimum atomic E-state index is -0.406. The predicted octanol–water partition coefficient (Wildman–Crippen LogP) is 4.15. The molecule has 0 aromatic carbocycles. The van der Waals surface area contributed by atoms with Crippen LogP contribution in [-0.4, -0.2) is 34.6 Å². The van der Waals surface area contributed by atoms with Crippen molar-refractivity contribution in [2.45, 2.75) is 84.6 Å². The molecule has 0 unspecified atom stereocenters. The molecule has 6 heteroatoms. The lowest BCUT2D eigenvalue weighted by Gasteiger charge is -2.59. The Morgan fingerprint density at radius 2 is 1.93 bits per heavy atom.